The molecule has 0 heterocycles. The fourth-order valence-corrected chi connectivity index (χ4v) is 0.596. The Morgan fingerprint density at radius 2 is 2.18 bits per heavy atom. The molecule has 3 N–H and O–H groups in total. The van der Waals surface area contributed by atoms with Crippen molar-refractivity contribution in [2.75, 3.05) is 20.3 Å². The van der Waals surface area contributed by atoms with Crippen LogP contribution in [0.25, 0.3) is 0 Å². The van der Waals surface area contributed by atoms with Gasteiger partial charge in [-0.25, -0.2) is 0 Å². The van der Waals surface area contributed by atoms with Crippen LogP contribution in [0.15, 0.2) is 0 Å². The molecule has 0 fully saturated rings. The Balaban J connectivity index is 3.74. The van der Waals surface area contributed by atoms with Gasteiger partial charge in [-0.2, -0.15) is 0 Å². The third kappa shape index (κ3) is 4.75. The standard InChI is InChI=1S/C7H16N2O2/c1-7(2,5-8)9-6(10)4-11-3/h4-5,8H2,1-3H3,(H,9,10). The van der Waals surface area contributed by atoms with E-state index in [0.29, 0.717) is 6.54 Å². The molecule has 0 aliphatic rings. The molecule has 0 aromatic heterocycles. The fourth-order valence-electron chi connectivity index (χ4n) is 0.596. The molecule has 0 aromatic rings. The van der Waals surface area contributed by atoms with Gasteiger partial charge < -0.3 is 15.8 Å². The van der Waals surface area contributed by atoms with E-state index in [9.17, 15) is 4.79 Å². The minimum absolute atomic E-state index is 0.0867. The van der Waals surface area contributed by atoms with Gasteiger partial charge in [0, 0.05) is 19.2 Å². The van der Waals surface area contributed by atoms with Gasteiger partial charge in [0.25, 0.3) is 0 Å². The number of methoxy groups -OCH3 is 1. The highest BCUT2D eigenvalue weighted by atomic mass is 16.5. The maximum atomic E-state index is 10.9. The zero-order valence-corrected chi connectivity index (χ0v) is 7.31. The summed E-state index contributed by atoms with van der Waals surface area (Å²) < 4.78 is 4.64. The molecule has 0 spiro atoms. The SMILES string of the molecule is COCC(=O)NC(C)(C)CN. The fraction of sp³-hybridized carbons (Fsp3) is 0.857. The molecular formula is C7H16N2O2. The first-order valence-electron chi connectivity index (χ1n) is 3.52. The predicted octanol–water partition coefficient (Wildman–Crippen LogP) is -0.514. The molecule has 0 saturated carbocycles. The summed E-state index contributed by atoms with van der Waals surface area (Å²) >= 11 is 0. The van der Waals surface area contributed by atoms with Gasteiger partial charge in [-0.3, -0.25) is 4.79 Å². The van der Waals surface area contributed by atoms with Crippen LogP contribution < -0.4 is 11.1 Å². The van der Waals surface area contributed by atoms with Crippen LogP contribution in [0.5, 0.6) is 0 Å². The average molecular weight is 160 g/mol. The molecular weight excluding hydrogens is 144 g/mol. The van der Waals surface area contributed by atoms with Crippen molar-refractivity contribution in [3.8, 4) is 0 Å². The van der Waals surface area contributed by atoms with E-state index in [2.05, 4.69) is 10.1 Å². The minimum atomic E-state index is -0.338. The summed E-state index contributed by atoms with van der Waals surface area (Å²) in [6.07, 6.45) is 0. The first-order valence-corrected chi connectivity index (χ1v) is 3.52. The van der Waals surface area contributed by atoms with Crippen LogP contribution in [-0.4, -0.2) is 31.7 Å². The maximum Gasteiger partial charge on any atom is 0.246 e. The van der Waals surface area contributed by atoms with Crippen LogP contribution in [0.2, 0.25) is 0 Å². The lowest BCUT2D eigenvalue weighted by Gasteiger charge is -2.23. The number of hydrogen-bond acceptors (Lipinski definition) is 3. The van der Waals surface area contributed by atoms with Crippen molar-refractivity contribution >= 4 is 5.91 Å². The number of rotatable bonds is 4. The van der Waals surface area contributed by atoms with Crippen LogP contribution in [0, 0.1) is 0 Å². The molecule has 1 amide bonds. The van der Waals surface area contributed by atoms with Crippen LogP contribution in [0.1, 0.15) is 13.8 Å². The summed E-state index contributed by atoms with van der Waals surface area (Å²) in [5.74, 6) is -0.136. The van der Waals surface area contributed by atoms with Crippen LogP contribution in [0.3, 0.4) is 0 Å². The maximum absolute atomic E-state index is 10.9. The molecule has 0 unspecified atom stereocenters. The Hall–Kier alpha value is -0.610. The highest BCUT2D eigenvalue weighted by Crippen LogP contribution is 1.97. The molecule has 0 saturated heterocycles. The second kappa shape index (κ2) is 4.31. The summed E-state index contributed by atoms with van der Waals surface area (Å²) in [7, 11) is 1.48. The molecule has 11 heavy (non-hydrogen) atoms. The smallest absolute Gasteiger partial charge is 0.246 e. The van der Waals surface area contributed by atoms with Gasteiger partial charge in [0.05, 0.1) is 0 Å². The minimum Gasteiger partial charge on any atom is -0.375 e. The number of nitrogens with two attached hydrogens (primary N) is 1. The van der Waals surface area contributed by atoms with Gasteiger partial charge in [-0.1, -0.05) is 0 Å². The lowest BCUT2D eigenvalue weighted by molar-refractivity contribution is -0.126. The number of ether oxygens (including phenoxy) is 1. The Kier molecular flexibility index (Phi) is 4.07. The van der Waals surface area contributed by atoms with E-state index in [1.807, 2.05) is 13.8 Å². The van der Waals surface area contributed by atoms with Gasteiger partial charge in [-0.15, -0.1) is 0 Å². The van der Waals surface area contributed by atoms with Gasteiger partial charge in [-0.05, 0) is 13.8 Å². The first kappa shape index (κ1) is 10.4. The molecule has 0 atom stereocenters. The van der Waals surface area contributed by atoms with Crippen molar-refractivity contribution in [1.29, 1.82) is 0 Å². The lowest BCUT2D eigenvalue weighted by Crippen LogP contribution is -2.49. The highest BCUT2D eigenvalue weighted by molar-refractivity contribution is 5.77. The van der Waals surface area contributed by atoms with E-state index in [1.54, 1.807) is 0 Å². The summed E-state index contributed by atoms with van der Waals surface area (Å²) in [6, 6.07) is 0. The van der Waals surface area contributed by atoms with E-state index >= 15 is 0 Å². The van der Waals surface area contributed by atoms with Crippen molar-refractivity contribution < 1.29 is 9.53 Å². The Morgan fingerprint density at radius 1 is 1.64 bits per heavy atom. The largest absolute Gasteiger partial charge is 0.375 e. The molecule has 4 nitrogen and oxygen atoms in total. The van der Waals surface area contributed by atoms with E-state index in [0.717, 1.165) is 0 Å². The molecule has 0 bridgehead atoms. The molecule has 0 aliphatic heterocycles. The Bertz CT molecular complexity index is 134. The van der Waals surface area contributed by atoms with Crippen molar-refractivity contribution in [2.45, 2.75) is 19.4 Å². The topological polar surface area (TPSA) is 64.3 Å². The second-order valence-corrected chi connectivity index (χ2v) is 3.07. The molecule has 4 heteroatoms. The molecule has 0 rings (SSSR count). The normalized spacial score (nSPS) is 11.3. The molecule has 66 valence electrons. The van der Waals surface area contributed by atoms with Crippen molar-refractivity contribution in [2.24, 2.45) is 5.73 Å². The summed E-state index contributed by atoms with van der Waals surface area (Å²) in [4.78, 5) is 10.9. The Morgan fingerprint density at radius 3 is 2.55 bits per heavy atom. The number of amides is 1. The number of hydrogen-bond donors (Lipinski definition) is 2. The molecule has 0 aliphatic carbocycles. The van der Waals surface area contributed by atoms with E-state index in [-0.39, 0.29) is 18.1 Å². The zero-order valence-electron chi connectivity index (χ0n) is 7.31. The average Bonchev–Trinajstić information content (AvgIpc) is 1.87. The van der Waals surface area contributed by atoms with Crippen molar-refractivity contribution in [3.63, 3.8) is 0 Å². The zero-order chi connectivity index (χ0) is 8.91. The summed E-state index contributed by atoms with van der Waals surface area (Å²) in [6.45, 7) is 4.23. The van der Waals surface area contributed by atoms with Crippen molar-refractivity contribution in [1.82, 2.24) is 5.32 Å². The molecule has 0 radical (unpaired) electrons. The lowest BCUT2D eigenvalue weighted by atomic mass is 10.1. The Labute approximate surface area is 67.1 Å². The van der Waals surface area contributed by atoms with E-state index in [4.69, 9.17) is 5.73 Å². The summed E-state index contributed by atoms with van der Waals surface area (Å²) in [5.41, 5.74) is 5.06. The van der Waals surface area contributed by atoms with Gasteiger partial charge in [0.1, 0.15) is 6.61 Å². The molecule has 0 aromatic carbocycles. The quantitative estimate of drug-likeness (QED) is 0.582. The predicted molar refractivity (Wildman–Crippen MR) is 43.2 cm³/mol. The number of carbonyl (C=O) groups excluding carboxylic acids is 1. The first-order chi connectivity index (χ1) is 5.02. The van der Waals surface area contributed by atoms with Crippen molar-refractivity contribution in [3.05, 3.63) is 0 Å². The highest BCUT2D eigenvalue weighted by Gasteiger charge is 2.17. The van der Waals surface area contributed by atoms with E-state index < -0.39 is 0 Å². The van der Waals surface area contributed by atoms with Crippen LogP contribution >= 0.6 is 0 Å². The van der Waals surface area contributed by atoms with Crippen LogP contribution in [0.4, 0.5) is 0 Å². The number of carbonyl (C=O) groups is 1. The van der Waals surface area contributed by atoms with Gasteiger partial charge in [0.2, 0.25) is 5.91 Å². The third-order valence-corrected chi connectivity index (χ3v) is 1.26. The summed E-state index contributed by atoms with van der Waals surface area (Å²) in [5, 5.41) is 2.72. The second-order valence-electron chi connectivity index (χ2n) is 3.07. The van der Waals surface area contributed by atoms with E-state index in [1.165, 1.54) is 7.11 Å². The number of nitrogens with one attached hydrogen (secondary N) is 1. The monoisotopic (exact) mass is 160 g/mol. The third-order valence-electron chi connectivity index (χ3n) is 1.26. The van der Waals surface area contributed by atoms with Crippen LogP contribution in [-0.2, 0) is 9.53 Å². The van der Waals surface area contributed by atoms with Gasteiger partial charge in [0.15, 0.2) is 0 Å². The van der Waals surface area contributed by atoms with Gasteiger partial charge >= 0.3 is 0 Å².